The van der Waals surface area contributed by atoms with Gasteiger partial charge in [-0.15, -0.1) is 0 Å². The highest BCUT2D eigenvalue weighted by Gasteiger charge is 2.25. The van der Waals surface area contributed by atoms with Crippen LogP contribution in [0.15, 0.2) is 24.3 Å². The molecule has 2 heterocycles. The van der Waals surface area contributed by atoms with Crippen LogP contribution in [-0.2, 0) is 19.5 Å². The molecule has 0 atom stereocenters. The molecule has 0 unspecified atom stereocenters. The van der Waals surface area contributed by atoms with Crippen LogP contribution in [0.5, 0.6) is 0 Å². The summed E-state index contributed by atoms with van der Waals surface area (Å²) in [5, 5.41) is 11.2. The fourth-order valence-electron chi connectivity index (χ4n) is 2.71. The summed E-state index contributed by atoms with van der Waals surface area (Å²) in [6.45, 7) is 4.67. The highest BCUT2D eigenvalue weighted by atomic mass is 35.5. The predicted molar refractivity (Wildman–Crippen MR) is 85.9 cm³/mol. The zero-order chi connectivity index (χ0) is 15.5. The summed E-state index contributed by atoms with van der Waals surface area (Å²) in [6, 6.07) is 7.61. The van der Waals surface area contributed by atoms with E-state index in [2.05, 4.69) is 15.5 Å². The Morgan fingerprint density at radius 3 is 3.00 bits per heavy atom. The lowest BCUT2D eigenvalue weighted by molar-refractivity contribution is 0.0745. The van der Waals surface area contributed by atoms with Crippen molar-refractivity contribution in [1.29, 1.82) is 0 Å². The first-order valence-electron chi connectivity index (χ1n) is 7.50. The van der Waals surface area contributed by atoms with Crippen LogP contribution >= 0.6 is 11.6 Å². The van der Waals surface area contributed by atoms with Crippen LogP contribution in [-0.4, -0.2) is 34.1 Å². The average molecular weight is 319 g/mol. The molecule has 1 amide bonds. The second-order valence-corrected chi connectivity index (χ2v) is 5.77. The van der Waals surface area contributed by atoms with E-state index < -0.39 is 0 Å². The number of aromatic amines is 1. The van der Waals surface area contributed by atoms with Crippen molar-refractivity contribution in [1.82, 2.24) is 20.4 Å². The number of amides is 1. The lowest BCUT2D eigenvalue weighted by Crippen LogP contribution is -2.32. The first-order valence-corrected chi connectivity index (χ1v) is 7.88. The Labute approximate surface area is 134 Å². The van der Waals surface area contributed by atoms with Crippen molar-refractivity contribution in [2.45, 2.75) is 26.4 Å². The maximum Gasteiger partial charge on any atom is 0.274 e. The first-order chi connectivity index (χ1) is 10.7. The number of rotatable bonds is 4. The minimum absolute atomic E-state index is 0.0522. The van der Waals surface area contributed by atoms with Gasteiger partial charge < -0.3 is 10.2 Å². The Hall–Kier alpha value is -1.85. The van der Waals surface area contributed by atoms with Crippen molar-refractivity contribution in [3.05, 3.63) is 51.8 Å². The first kappa shape index (κ1) is 15.1. The monoisotopic (exact) mass is 318 g/mol. The third-order valence-electron chi connectivity index (χ3n) is 4.00. The third kappa shape index (κ3) is 2.87. The van der Waals surface area contributed by atoms with Crippen LogP contribution in [0, 0.1) is 0 Å². The van der Waals surface area contributed by atoms with Crippen LogP contribution in [0.1, 0.15) is 34.2 Å². The smallest absolute Gasteiger partial charge is 0.274 e. The van der Waals surface area contributed by atoms with Gasteiger partial charge >= 0.3 is 0 Å². The molecule has 22 heavy (non-hydrogen) atoms. The van der Waals surface area contributed by atoms with E-state index in [1.54, 1.807) is 4.90 Å². The van der Waals surface area contributed by atoms with Gasteiger partial charge in [0.05, 0.1) is 0 Å². The molecule has 116 valence electrons. The van der Waals surface area contributed by atoms with E-state index in [1.807, 2.05) is 31.2 Å². The number of carbonyl (C=O) groups excluding carboxylic acids is 1. The zero-order valence-corrected chi connectivity index (χ0v) is 13.3. The van der Waals surface area contributed by atoms with E-state index in [0.29, 0.717) is 30.4 Å². The van der Waals surface area contributed by atoms with Gasteiger partial charge in [0.2, 0.25) is 0 Å². The molecule has 5 nitrogen and oxygen atoms in total. The quantitative estimate of drug-likeness (QED) is 0.910. The molecule has 2 aromatic rings. The molecule has 0 saturated carbocycles. The van der Waals surface area contributed by atoms with Crippen LogP contribution < -0.4 is 5.32 Å². The van der Waals surface area contributed by atoms with Crippen molar-refractivity contribution in [2.24, 2.45) is 0 Å². The number of hydrogen-bond acceptors (Lipinski definition) is 3. The number of H-pyrrole nitrogens is 1. The SMILES string of the molecule is CCN(Cc1ccccc1Cl)C(=O)c1n[nH]c2c1CNCC2. The highest BCUT2D eigenvalue weighted by Crippen LogP contribution is 2.20. The maximum absolute atomic E-state index is 12.8. The van der Waals surface area contributed by atoms with Gasteiger partial charge in [-0.05, 0) is 18.6 Å². The Kier molecular flexibility index (Phi) is 4.45. The third-order valence-corrected chi connectivity index (χ3v) is 4.37. The number of halogens is 1. The van der Waals surface area contributed by atoms with E-state index in [-0.39, 0.29) is 5.91 Å². The Balaban J connectivity index is 1.83. The summed E-state index contributed by atoms with van der Waals surface area (Å²) in [5.41, 5.74) is 3.53. The standard InChI is InChI=1S/C16H19ClN4O/c1-2-21(10-11-5-3-4-6-13(11)17)16(22)15-12-9-18-8-7-14(12)19-20-15/h3-6,18H,2,7-10H2,1H3,(H,19,20). The maximum atomic E-state index is 12.8. The van der Waals surface area contributed by atoms with Gasteiger partial charge in [0, 0.05) is 48.9 Å². The van der Waals surface area contributed by atoms with Crippen LogP contribution in [0.4, 0.5) is 0 Å². The summed E-state index contributed by atoms with van der Waals surface area (Å²) in [5.74, 6) is -0.0522. The summed E-state index contributed by atoms with van der Waals surface area (Å²) in [7, 11) is 0. The number of carbonyl (C=O) groups is 1. The number of nitrogens with one attached hydrogen (secondary N) is 2. The molecule has 6 heteroatoms. The molecule has 0 spiro atoms. The van der Waals surface area contributed by atoms with Gasteiger partial charge in [-0.25, -0.2) is 0 Å². The van der Waals surface area contributed by atoms with Crippen LogP contribution in [0.3, 0.4) is 0 Å². The summed E-state index contributed by atoms with van der Waals surface area (Å²) < 4.78 is 0. The van der Waals surface area contributed by atoms with Crippen LogP contribution in [0.2, 0.25) is 5.02 Å². The van der Waals surface area contributed by atoms with E-state index in [1.165, 1.54) is 0 Å². The Morgan fingerprint density at radius 1 is 1.41 bits per heavy atom. The van der Waals surface area contributed by atoms with E-state index in [0.717, 1.165) is 29.8 Å². The number of nitrogens with zero attached hydrogens (tertiary/aromatic N) is 2. The second-order valence-electron chi connectivity index (χ2n) is 5.37. The van der Waals surface area contributed by atoms with Gasteiger partial charge in [-0.1, -0.05) is 29.8 Å². The van der Waals surface area contributed by atoms with Crippen molar-refractivity contribution in [3.8, 4) is 0 Å². The minimum atomic E-state index is -0.0522. The molecular weight excluding hydrogens is 300 g/mol. The molecular formula is C16H19ClN4O. The minimum Gasteiger partial charge on any atom is -0.333 e. The fourth-order valence-corrected chi connectivity index (χ4v) is 2.91. The number of benzene rings is 1. The van der Waals surface area contributed by atoms with Crippen molar-refractivity contribution in [2.75, 3.05) is 13.1 Å². The molecule has 2 N–H and O–H groups in total. The van der Waals surface area contributed by atoms with Crippen molar-refractivity contribution in [3.63, 3.8) is 0 Å². The molecule has 0 bridgehead atoms. The molecule has 0 saturated heterocycles. The van der Waals surface area contributed by atoms with Gasteiger partial charge in [0.25, 0.3) is 5.91 Å². The summed E-state index contributed by atoms with van der Waals surface area (Å²) in [6.07, 6.45) is 0.881. The van der Waals surface area contributed by atoms with Crippen molar-refractivity contribution >= 4 is 17.5 Å². The normalized spacial score (nSPS) is 13.7. The topological polar surface area (TPSA) is 61.0 Å². The average Bonchev–Trinajstić information content (AvgIpc) is 2.97. The molecule has 3 rings (SSSR count). The van der Waals surface area contributed by atoms with Crippen molar-refractivity contribution < 1.29 is 4.79 Å². The van der Waals surface area contributed by atoms with E-state index in [9.17, 15) is 4.79 Å². The lowest BCUT2D eigenvalue weighted by atomic mass is 10.1. The fraction of sp³-hybridized carbons (Fsp3) is 0.375. The molecule has 0 radical (unpaired) electrons. The summed E-state index contributed by atoms with van der Waals surface area (Å²) >= 11 is 6.20. The van der Waals surface area contributed by atoms with Gasteiger partial charge in [0.15, 0.2) is 5.69 Å². The highest BCUT2D eigenvalue weighted by molar-refractivity contribution is 6.31. The largest absolute Gasteiger partial charge is 0.333 e. The van der Waals surface area contributed by atoms with E-state index in [4.69, 9.17) is 11.6 Å². The summed E-state index contributed by atoms with van der Waals surface area (Å²) in [4.78, 5) is 14.6. The lowest BCUT2D eigenvalue weighted by Gasteiger charge is -2.22. The van der Waals surface area contributed by atoms with Crippen LogP contribution in [0.25, 0.3) is 0 Å². The van der Waals surface area contributed by atoms with Gasteiger partial charge in [-0.3, -0.25) is 9.89 Å². The molecule has 0 aliphatic carbocycles. The molecule has 0 fully saturated rings. The second kappa shape index (κ2) is 6.50. The Bertz CT molecular complexity index is 683. The van der Waals surface area contributed by atoms with Gasteiger partial charge in [-0.2, -0.15) is 5.10 Å². The van der Waals surface area contributed by atoms with E-state index >= 15 is 0 Å². The molecule has 1 aromatic carbocycles. The predicted octanol–water partition coefficient (Wildman–Crippen LogP) is 2.37. The molecule has 1 aliphatic heterocycles. The molecule has 1 aliphatic rings. The number of fused-ring (bicyclic) bond motifs is 1. The zero-order valence-electron chi connectivity index (χ0n) is 12.5. The number of aromatic nitrogens is 2. The number of hydrogen-bond donors (Lipinski definition) is 2. The molecule has 1 aromatic heterocycles. The van der Waals surface area contributed by atoms with Gasteiger partial charge in [0.1, 0.15) is 0 Å². The Morgan fingerprint density at radius 2 is 2.23 bits per heavy atom.